The maximum atomic E-state index is 11.7. The molecule has 1 unspecified atom stereocenters. The summed E-state index contributed by atoms with van der Waals surface area (Å²) in [6.45, 7) is 5.20. The first-order chi connectivity index (χ1) is 10.2. The van der Waals surface area contributed by atoms with Gasteiger partial charge in [0, 0.05) is 4.47 Å². The van der Waals surface area contributed by atoms with Gasteiger partial charge in [-0.25, -0.2) is 9.59 Å². The Morgan fingerprint density at radius 3 is 2.32 bits per heavy atom. The summed E-state index contributed by atoms with van der Waals surface area (Å²) in [6.07, 6.45) is -1.58. The number of benzene rings is 1. The Morgan fingerprint density at radius 2 is 1.82 bits per heavy atom. The maximum absolute atomic E-state index is 11.7. The summed E-state index contributed by atoms with van der Waals surface area (Å²) in [7, 11) is 1.26. The number of hydrogen-bond acceptors (Lipinski definition) is 5. The van der Waals surface area contributed by atoms with E-state index in [1.165, 1.54) is 7.11 Å². The number of halogens is 1. The van der Waals surface area contributed by atoms with Crippen molar-refractivity contribution < 1.29 is 23.8 Å². The largest absolute Gasteiger partial charge is 0.477 e. The molecule has 1 atom stereocenters. The molecule has 0 heterocycles. The molecule has 0 spiro atoms. The van der Waals surface area contributed by atoms with Gasteiger partial charge in [0.05, 0.1) is 13.7 Å². The lowest BCUT2D eigenvalue weighted by Crippen LogP contribution is -2.42. The molecule has 1 aromatic carbocycles. The van der Waals surface area contributed by atoms with Crippen molar-refractivity contribution in [2.45, 2.75) is 32.5 Å². The van der Waals surface area contributed by atoms with Crippen LogP contribution in [-0.4, -0.2) is 37.4 Å². The number of amides is 1. The summed E-state index contributed by atoms with van der Waals surface area (Å²) in [6, 6.07) is 6.97. The summed E-state index contributed by atoms with van der Waals surface area (Å²) in [5.74, 6) is -0.0939. The molecule has 122 valence electrons. The number of hydrogen-bond donors (Lipinski definition) is 1. The van der Waals surface area contributed by atoms with E-state index in [-0.39, 0.29) is 6.54 Å². The molecular weight excluding hydrogens is 354 g/mol. The fourth-order valence-corrected chi connectivity index (χ4v) is 1.74. The number of rotatable bonds is 5. The van der Waals surface area contributed by atoms with E-state index < -0.39 is 23.8 Å². The molecule has 0 aliphatic heterocycles. The van der Waals surface area contributed by atoms with Gasteiger partial charge < -0.3 is 19.5 Å². The highest BCUT2D eigenvalue weighted by molar-refractivity contribution is 9.10. The fraction of sp³-hybridized carbons (Fsp3) is 0.467. The van der Waals surface area contributed by atoms with Crippen molar-refractivity contribution in [1.82, 2.24) is 5.32 Å². The van der Waals surface area contributed by atoms with Crippen molar-refractivity contribution in [1.29, 1.82) is 0 Å². The predicted octanol–water partition coefficient (Wildman–Crippen LogP) is 2.89. The van der Waals surface area contributed by atoms with Crippen molar-refractivity contribution in [2.75, 3.05) is 13.7 Å². The summed E-state index contributed by atoms with van der Waals surface area (Å²) in [5.41, 5.74) is -0.614. The standard InChI is InChI=1S/C15H20BrNO5/c1-15(2,3)22-14(19)17-9-12(13(18)20-4)21-11-7-5-10(16)6-8-11/h5-8,12H,9H2,1-4H3,(H,17,19). The summed E-state index contributed by atoms with van der Waals surface area (Å²) in [5, 5.41) is 2.49. The molecule has 0 aromatic heterocycles. The van der Waals surface area contributed by atoms with Gasteiger partial charge in [-0.05, 0) is 45.0 Å². The molecule has 0 radical (unpaired) electrons. The molecule has 7 heteroatoms. The molecule has 0 saturated heterocycles. The van der Waals surface area contributed by atoms with Crippen molar-refractivity contribution in [2.24, 2.45) is 0 Å². The predicted molar refractivity (Wildman–Crippen MR) is 84.8 cm³/mol. The van der Waals surface area contributed by atoms with Gasteiger partial charge >= 0.3 is 12.1 Å². The normalized spacial score (nSPS) is 12.2. The number of alkyl carbamates (subject to hydrolysis) is 1. The number of carbonyl (C=O) groups is 2. The van der Waals surface area contributed by atoms with Crippen LogP contribution in [0.25, 0.3) is 0 Å². The minimum Gasteiger partial charge on any atom is -0.477 e. The van der Waals surface area contributed by atoms with E-state index in [9.17, 15) is 9.59 Å². The second kappa shape index (κ2) is 8.03. The molecule has 1 amide bonds. The lowest BCUT2D eigenvalue weighted by molar-refractivity contribution is -0.148. The zero-order chi connectivity index (χ0) is 16.8. The highest BCUT2D eigenvalue weighted by Gasteiger charge is 2.24. The summed E-state index contributed by atoms with van der Waals surface area (Å²) >= 11 is 3.31. The quantitative estimate of drug-likeness (QED) is 0.803. The smallest absolute Gasteiger partial charge is 0.407 e. The second-order valence-corrected chi connectivity index (χ2v) is 6.38. The SMILES string of the molecule is COC(=O)C(CNC(=O)OC(C)(C)C)Oc1ccc(Br)cc1. The van der Waals surface area contributed by atoms with Crippen molar-refractivity contribution >= 4 is 28.0 Å². The Balaban J connectivity index is 2.63. The number of esters is 1. The number of nitrogens with one attached hydrogen (secondary N) is 1. The monoisotopic (exact) mass is 373 g/mol. The van der Waals surface area contributed by atoms with Crippen LogP contribution in [0.4, 0.5) is 4.79 Å². The molecule has 0 bridgehead atoms. The van der Waals surface area contributed by atoms with Crippen LogP contribution in [0.1, 0.15) is 20.8 Å². The highest BCUT2D eigenvalue weighted by Crippen LogP contribution is 2.17. The minimum absolute atomic E-state index is 0.0579. The van der Waals surface area contributed by atoms with Gasteiger partial charge in [-0.3, -0.25) is 0 Å². The van der Waals surface area contributed by atoms with Crippen LogP contribution in [0.2, 0.25) is 0 Å². The van der Waals surface area contributed by atoms with Gasteiger partial charge in [-0.15, -0.1) is 0 Å². The topological polar surface area (TPSA) is 73.9 Å². The highest BCUT2D eigenvalue weighted by atomic mass is 79.9. The van der Waals surface area contributed by atoms with Crippen LogP contribution in [0, 0.1) is 0 Å². The van der Waals surface area contributed by atoms with Crippen molar-refractivity contribution in [3.63, 3.8) is 0 Å². The Bertz CT molecular complexity index is 510. The molecule has 1 rings (SSSR count). The third-order valence-electron chi connectivity index (χ3n) is 2.39. The molecular formula is C15H20BrNO5. The first-order valence-electron chi connectivity index (χ1n) is 6.68. The zero-order valence-electron chi connectivity index (χ0n) is 13.0. The van der Waals surface area contributed by atoms with Crippen LogP contribution >= 0.6 is 15.9 Å². The van der Waals surface area contributed by atoms with Crippen LogP contribution in [0.15, 0.2) is 28.7 Å². The van der Waals surface area contributed by atoms with E-state index in [4.69, 9.17) is 9.47 Å². The molecule has 22 heavy (non-hydrogen) atoms. The van der Waals surface area contributed by atoms with Crippen LogP contribution < -0.4 is 10.1 Å². The molecule has 6 nitrogen and oxygen atoms in total. The second-order valence-electron chi connectivity index (χ2n) is 5.47. The summed E-state index contributed by atoms with van der Waals surface area (Å²) in [4.78, 5) is 23.4. The van der Waals surface area contributed by atoms with E-state index >= 15 is 0 Å². The number of methoxy groups -OCH3 is 1. The Labute approximate surface area is 138 Å². The van der Waals surface area contributed by atoms with Gasteiger partial charge in [0.1, 0.15) is 11.4 Å². The van der Waals surface area contributed by atoms with Crippen LogP contribution in [-0.2, 0) is 14.3 Å². The van der Waals surface area contributed by atoms with Gasteiger partial charge in [0.25, 0.3) is 0 Å². The van der Waals surface area contributed by atoms with Crippen molar-refractivity contribution in [3.05, 3.63) is 28.7 Å². The average molecular weight is 374 g/mol. The van der Waals surface area contributed by atoms with Crippen molar-refractivity contribution in [3.8, 4) is 5.75 Å². The van der Waals surface area contributed by atoms with E-state index in [2.05, 4.69) is 26.0 Å². The zero-order valence-corrected chi connectivity index (χ0v) is 14.6. The van der Waals surface area contributed by atoms with Gasteiger partial charge in [0.15, 0.2) is 0 Å². The van der Waals surface area contributed by atoms with Gasteiger partial charge in [-0.2, -0.15) is 0 Å². The third-order valence-corrected chi connectivity index (χ3v) is 2.92. The van der Waals surface area contributed by atoms with Crippen LogP contribution in [0.3, 0.4) is 0 Å². The van der Waals surface area contributed by atoms with E-state index in [0.29, 0.717) is 5.75 Å². The lowest BCUT2D eigenvalue weighted by atomic mass is 10.2. The van der Waals surface area contributed by atoms with Crippen LogP contribution in [0.5, 0.6) is 5.75 Å². The maximum Gasteiger partial charge on any atom is 0.407 e. The van der Waals surface area contributed by atoms with E-state index in [1.54, 1.807) is 45.0 Å². The Morgan fingerprint density at radius 1 is 1.23 bits per heavy atom. The fourth-order valence-electron chi connectivity index (χ4n) is 1.47. The Kier molecular flexibility index (Phi) is 6.67. The average Bonchev–Trinajstić information content (AvgIpc) is 2.42. The van der Waals surface area contributed by atoms with Gasteiger partial charge in [-0.1, -0.05) is 15.9 Å². The first kappa shape index (κ1) is 18.3. The third kappa shape index (κ3) is 6.80. The molecule has 0 fully saturated rings. The van der Waals surface area contributed by atoms with E-state index in [1.807, 2.05) is 0 Å². The molecule has 0 saturated carbocycles. The molecule has 0 aliphatic carbocycles. The van der Waals surface area contributed by atoms with Gasteiger partial charge in [0.2, 0.25) is 6.10 Å². The summed E-state index contributed by atoms with van der Waals surface area (Å²) < 4.78 is 16.2. The molecule has 1 N–H and O–H groups in total. The first-order valence-corrected chi connectivity index (χ1v) is 7.47. The van der Waals surface area contributed by atoms with E-state index in [0.717, 1.165) is 4.47 Å². The number of ether oxygens (including phenoxy) is 3. The number of carbonyl (C=O) groups excluding carboxylic acids is 2. The lowest BCUT2D eigenvalue weighted by Gasteiger charge is -2.21. The molecule has 0 aliphatic rings. The molecule has 1 aromatic rings. The Hall–Kier alpha value is -1.76. The minimum atomic E-state index is -0.960.